The normalized spacial score (nSPS) is 22.2. The van der Waals surface area contributed by atoms with Gasteiger partial charge in [-0.1, -0.05) is 0 Å². The van der Waals surface area contributed by atoms with Crippen molar-refractivity contribution in [3.05, 3.63) is 11.5 Å². The Labute approximate surface area is 70.9 Å². The molecule has 66 valence electrons. The van der Waals surface area contributed by atoms with E-state index < -0.39 is 0 Å². The smallest absolute Gasteiger partial charge is 0.292 e. The van der Waals surface area contributed by atoms with E-state index in [0.29, 0.717) is 12.5 Å². The summed E-state index contributed by atoms with van der Waals surface area (Å²) < 4.78 is 5.30. The van der Waals surface area contributed by atoms with E-state index in [4.69, 9.17) is 15.9 Å². The Balaban J connectivity index is 2.36. The maximum absolute atomic E-state index is 5.60. The average molecular weight is 167 g/mol. The predicted octanol–water partition coefficient (Wildman–Crippen LogP) is 0.635. The van der Waals surface area contributed by atoms with Crippen LogP contribution in [-0.2, 0) is 6.42 Å². The van der Waals surface area contributed by atoms with Crippen LogP contribution in [0.2, 0.25) is 0 Å². The Morgan fingerprint density at radius 3 is 3.17 bits per heavy atom. The summed E-state index contributed by atoms with van der Waals surface area (Å²) in [6.07, 6.45) is 3.21. The van der Waals surface area contributed by atoms with Gasteiger partial charge >= 0.3 is 0 Å². The van der Waals surface area contributed by atoms with E-state index in [2.05, 4.69) is 4.98 Å². The molecule has 0 radical (unpaired) electrons. The van der Waals surface area contributed by atoms with Gasteiger partial charge in [-0.3, -0.25) is 0 Å². The van der Waals surface area contributed by atoms with E-state index in [1.165, 1.54) is 0 Å². The van der Waals surface area contributed by atoms with Crippen molar-refractivity contribution in [2.24, 2.45) is 5.73 Å². The van der Waals surface area contributed by atoms with E-state index in [-0.39, 0.29) is 6.01 Å². The van der Waals surface area contributed by atoms with E-state index in [1.807, 2.05) is 0 Å². The number of fused-ring (bicyclic) bond motifs is 1. The molecule has 0 saturated carbocycles. The number of nitrogen functional groups attached to an aromatic ring is 1. The molecule has 0 fully saturated rings. The lowest BCUT2D eigenvalue weighted by Crippen LogP contribution is -2.17. The van der Waals surface area contributed by atoms with Crippen molar-refractivity contribution in [1.82, 2.24) is 4.98 Å². The molecule has 2 rings (SSSR count). The van der Waals surface area contributed by atoms with Gasteiger partial charge in [-0.25, -0.2) is 0 Å². The zero-order valence-corrected chi connectivity index (χ0v) is 6.92. The monoisotopic (exact) mass is 167 g/mol. The fourth-order valence-electron chi connectivity index (χ4n) is 1.75. The largest absolute Gasteiger partial charge is 0.428 e. The molecule has 1 heterocycles. The molecule has 4 N–H and O–H groups in total. The topological polar surface area (TPSA) is 78.1 Å². The summed E-state index contributed by atoms with van der Waals surface area (Å²) in [7, 11) is 0. The molecule has 0 spiro atoms. The first kappa shape index (κ1) is 7.61. The lowest BCUT2D eigenvalue weighted by molar-refractivity contribution is 0.429. The molecule has 0 aromatic carbocycles. The number of nitrogens with two attached hydrogens (primary N) is 2. The molecular formula is C8H13N3O. The summed E-state index contributed by atoms with van der Waals surface area (Å²) in [5.41, 5.74) is 12.1. The fraction of sp³-hybridized carbons (Fsp3) is 0.625. The molecule has 12 heavy (non-hydrogen) atoms. The Kier molecular flexibility index (Phi) is 1.77. The van der Waals surface area contributed by atoms with Gasteiger partial charge in [-0.05, 0) is 19.3 Å². The molecule has 0 aliphatic heterocycles. The number of aryl methyl sites for hydroxylation is 1. The van der Waals surface area contributed by atoms with Crippen LogP contribution in [0, 0.1) is 0 Å². The van der Waals surface area contributed by atoms with E-state index in [0.717, 1.165) is 30.7 Å². The summed E-state index contributed by atoms with van der Waals surface area (Å²) in [6, 6.07) is 0.278. The summed E-state index contributed by atoms with van der Waals surface area (Å²) in [6.45, 7) is 0.627. The number of oxazole rings is 1. The summed E-state index contributed by atoms with van der Waals surface area (Å²) in [4.78, 5) is 4.10. The van der Waals surface area contributed by atoms with Gasteiger partial charge in [0.2, 0.25) is 0 Å². The second-order valence-electron chi connectivity index (χ2n) is 3.19. The second kappa shape index (κ2) is 2.79. The quantitative estimate of drug-likeness (QED) is 0.643. The molecule has 1 atom stereocenters. The standard InChI is InChI=1S/C8H13N3O/c9-4-5-2-1-3-6-7(5)12-8(10)11-6/h5H,1-4,9H2,(H2,10,11). The minimum absolute atomic E-state index is 0.278. The Morgan fingerprint density at radius 2 is 2.42 bits per heavy atom. The van der Waals surface area contributed by atoms with Crippen molar-refractivity contribution in [2.45, 2.75) is 25.2 Å². The van der Waals surface area contributed by atoms with Gasteiger partial charge in [-0.15, -0.1) is 0 Å². The third-order valence-corrected chi connectivity index (χ3v) is 2.37. The first-order valence-corrected chi connectivity index (χ1v) is 4.26. The van der Waals surface area contributed by atoms with Crippen molar-refractivity contribution in [2.75, 3.05) is 12.3 Å². The lowest BCUT2D eigenvalue weighted by Gasteiger charge is -2.17. The molecule has 0 bridgehead atoms. The minimum atomic E-state index is 0.278. The first-order valence-electron chi connectivity index (χ1n) is 4.26. The molecule has 1 aromatic rings. The average Bonchev–Trinajstić information content (AvgIpc) is 2.44. The Morgan fingerprint density at radius 1 is 1.58 bits per heavy atom. The van der Waals surface area contributed by atoms with Crippen molar-refractivity contribution >= 4 is 6.01 Å². The van der Waals surface area contributed by atoms with Gasteiger partial charge in [0.25, 0.3) is 6.01 Å². The van der Waals surface area contributed by atoms with Gasteiger partial charge in [0.05, 0.1) is 5.69 Å². The van der Waals surface area contributed by atoms with E-state index in [9.17, 15) is 0 Å². The molecule has 1 aliphatic carbocycles. The molecular weight excluding hydrogens is 154 g/mol. The van der Waals surface area contributed by atoms with Crippen molar-refractivity contribution in [3.8, 4) is 0 Å². The highest BCUT2D eigenvalue weighted by atomic mass is 16.4. The van der Waals surface area contributed by atoms with Crippen LogP contribution in [0.5, 0.6) is 0 Å². The van der Waals surface area contributed by atoms with E-state index in [1.54, 1.807) is 0 Å². The minimum Gasteiger partial charge on any atom is -0.428 e. The summed E-state index contributed by atoms with van der Waals surface area (Å²) >= 11 is 0. The van der Waals surface area contributed by atoms with Crippen LogP contribution < -0.4 is 11.5 Å². The number of rotatable bonds is 1. The highest BCUT2D eigenvalue weighted by Crippen LogP contribution is 2.31. The van der Waals surface area contributed by atoms with Crippen LogP contribution in [0.1, 0.15) is 30.2 Å². The van der Waals surface area contributed by atoms with Gasteiger partial charge in [0, 0.05) is 12.5 Å². The van der Waals surface area contributed by atoms with Crippen molar-refractivity contribution in [3.63, 3.8) is 0 Å². The zero-order chi connectivity index (χ0) is 8.55. The predicted molar refractivity (Wildman–Crippen MR) is 45.6 cm³/mol. The summed E-state index contributed by atoms with van der Waals surface area (Å²) in [5, 5.41) is 0. The Hall–Kier alpha value is -1.03. The van der Waals surface area contributed by atoms with E-state index >= 15 is 0 Å². The molecule has 4 heteroatoms. The molecule has 1 aromatic heterocycles. The Bertz CT molecular complexity index is 282. The van der Waals surface area contributed by atoms with Crippen LogP contribution in [0.4, 0.5) is 6.01 Å². The maximum Gasteiger partial charge on any atom is 0.292 e. The maximum atomic E-state index is 5.60. The molecule has 0 saturated heterocycles. The SMILES string of the molecule is NCC1CCCc2nc(N)oc21. The van der Waals surface area contributed by atoms with Gasteiger partial charge in [-0.2, -0.15) is 4.98 Å². The van der Waals surface area contributed by atoms with Gasteiger partial charge in [0.1, 0.15) is 5.76 Å². The molecule has 4 nitrogen and oxygen atoms in total. The second-order valence-corrected chi connectivity index (χ2v) is 3.19. The van der Waals surface area contributed by atoms with Crippen LogP contribution in [0.25, 0.3) is 0 Å². The molecule has 1 unspecified atom stereocenters. The van der Waals surface area contributed by atoms with Gasteiger partial charge in [0.15, 0.2) is 0 Å². The van der Waals surface area contributed by atoms with Crippen molar-refractivity contribution in [1.29, 1.82) is 0 Å². The number of nitrogens with zero attached hydrogens (tertiary/aromatic N) is 1. The lowest BCUT2D eigenvalue weighted by atomic mass is 9.91. The fourth-order valence-corrected chi connectivity index (χ4v) is 1.75. The highest BCUT2D eigenvalue weighted by Gasteiger charge is 2.24. The number of aromatic nitrogens is 1. The van der Waals surface area contributed by atoms with Crippen LogP contribution in [0.15, 0.2) is 4.42 Å². The molecule has 1 aliphatic rings. The number of hydrogen-bond acceptors (Lipinski definition) is 4. The zero-order valence-electron chi connectivity index (χ0n) is 6.92. The van der Waals surface area contributed by atoms with Crippen LogP contribution >= 0.6 is 0 Å². The number of anilines is 1. The van der Waals surface area contributed by atoms with Crippen LogP contribution in [0.3, 0.4) is 0 Å². The van der Waals surface area contributed by atoms with Gasteiger partial charge < -0.3 is 15.9 Å². The summed E-state index contributed by atoms with van der Waals surface area (Å²) in [5.74, 6) is 1.25. The highest BCUT2D eigenvalue weighted by molar-refractivity contribution is 5.25. The molecule has 0 amide bonds. The number of hydrogen-bond donors (Lipinski definition) is 2. The third-order valence-electron chi connectivity index (χ3n) is 2.37. The van der Waals surface area contributed by atoms with Crippen LogP contribution in [-0.4, -0.2) is 11.5 Å². The van der Waals surface area contributed by atoms with Crippen molar-refractivity contribution < 1.29 is 4.42 Å². The third kappa shape index (κ3) is 1.08. The first-order chi connectivity index (χ1) is 5.81.